The summed E-state index contributed by atoms with van der Waals surface area (Å²) in [6.45, 7) is 0. The average Bonchev–Trinajstić information content (AvgIpc) is 3.64. The molecule has 0 fully saturated rings. The van der Waals surface area contributed by atoms with E-state index in [0.29, 0.717) is 0 Å². The van der Waals surface area contributed by atoms with E-state index in [2.05, 4.69) is 144 Å². The smallest absolute Gasteiger partial charge is 0.137 e. The number of nitrogens with zero attached hydrogens (tertiary/aromatic N) is 1. The summed E-state index contributed by atoms with van der Waals surface area (Å²) >= 11 is 1.88. The highest BCUT2D eigenvalue weighted by atomic mass is 32.1. The maximum atomic E-state index is 6.39. The second-order valence-corrected chi connectivity index (χ2v) is 11.9. The number of furan rings is 1. The second kappa shape index (κ2) is 9.59. The van der Waals surface area contributed by atoms with Gasteiger partial charge in [0.2, 0.25) is 0 Å². The first-order chi connectivity index (χ1) is 21.3. The maximum absolute atomic E-state index is 6.39. The lowest BCUT2D eigenvalue weighted by atomic mass is 10.0. The van der Waals surface area contributed by atoms with E-state index in [1.165, 1.54) is 42.1 Å². The zero-order chi connectivity index (χ0) is 28.3. The summed E-state index contributed by atoms with van der Waals surface area (Å²) in [7, 11) is 0. The van der Waals surface area contributed by atoms with E-state index in [1.807, 2.05) is 23.5 Å². The Morgan fingerprint density at radius 2 is 1.12 bits per heavy atom. The molecule has 0 N–H and O–H groups in total. The molecule has 9 aromatic rings. The maximum Gasteiger partial charge on any atom is 0.137 e. The molecular weight excluding hydrogens is 543 g/mol. The summed E-state index contributed by atoms with van der Waals surface area (Å²) in [5, 5.41) is 7.40. The van der Waals surface area contributed by atoms with Gasteiger partial charge in [0.25, 0.3) is 0 Å². The first-order valence-corrected chi connectivity index (χ1v) is 15.3. The predicted octanol–water partition coefficient (Wildman–Crippen LogP) is 12.2. The van der Waals surface area contributed by atoms with Crippen LogP contribution in [0.15, 0.2) is 156 Å². The van der Waals surface area contributed by atoms with Crippen molar-refractivity contribution >= 4 is 81.3 Å². The fraction of sp³-hybridized carbons (Fsp3) is 0. The normalized spacial score (nSPS) is 11.7. The third kappa shape index (κ3) is 3.79. The second-order valence-electron chi connectivity index (χ2n) is 10.9. The van der Waals surface area contributed by atoms with Gasteiger partial charge in [0.15, 0.2) is 0 Å². The standard InChI is InChI=1S/C40H25NOS/c1-2-11-26(12-3-1)29-14-6-8-18-35(29)41(28-22-24-32-31-16-7-9-20-37(31)42-38(32)25-28)36-19-10-17-33-34-23-21-27-13-4-5-15-30(27)39(34)43-40(33)36/h1-25H. The van der Waals surface area contributed by atoms with Crippen LogP contribution in [-0.4, -0.2) is 0 Å². The van der Waals surface area contributed by atoms with Gasteiger partial charge >= 0.3 is 0 Å². The lowest BCUT2D eigenvalue weighted by molar-refractivity contribution is 0.669. The number of benzene rings is 7. The van der Waals surface area contributed by atoms with Crippen LogP contribution in [0.25, 0.3) is 64.0 Å². The van der Waals surface area contributed by atoms with Crippen molar-refractivity contribution in [3.8, 4) is 11.1 Å². The molecule has 0 aliphatic rings. The number of anilines is 3. The van der Waals surface area contributed by atoms with Crippen molar-refractivity contribution < 1.29 is 4.42 Å². The van der Waals surface area contributed by atoms with Crippen molar-refractivity contribution in [2.75, 3.05) is 4.90 Å². The van der Waals surface area contributed by atoms with Crippen LogP contribution in [0.5, 0.6) is 0 Å². The first-order valence-electron chi connectivity index (χ1n) is 14.5. The Kier molecular flexibility index (Phi) is 5.40. The lowest BCUT2D eigenvalue weighted by Gasteiger charge is -2.28. The quantitative estimate of drug-likeness (QED) is 0.210. The van der Waals surface area contributed by atoms with Crippen LogP contribution in [0, 0.1) is 0 Å². The highest BCUT2D eigenvalue weighted by Crippen LogP contribution is 2.48. The minimum atomic E-state index is 0.885. The molecule has 0 saturated heterocycles. The molecule has 7 aromatic carbocycles. The molecule has 0 aliphatic heterocycles. The van der Waals surface area contributed by atoms with Gasteiger partial charge in [-0.1, -0.05) is 115 Å². The van der Waals surface area contributed by atoms with Crippen molar-refractivity contribution in [3.63, 3.8) is 0 Å². The third-order valence-electron chi connectivity index (χ3n) is 8.46. The summed E-state index contributed by atoms with van der Waals surface area (Å²) in [6, 6.07) is 54.2. The van der Waals surface area contributed by atoms with E-state index in [0.717, 1.165) is 39.0 Å². The number of thiophene rings is 1. The van der Waals surface area contributed by atoms with Crippen molar-refractivity contribution in [1.29, 1.82) is 0 Å². The molecule has 0 aliphatic carbocycles. The Morgan fingerprint density at radius 1 is 0.442 bits per heavy atom. The summed E-state index contributed by atoms with van der Waals surface area (Å²) in [5.41, 5.74) is 7.49. The average molecular weight is 568 g/mol. The third-order valence-corrected chi connectivity index (χ3v) is 9.74. The Balaban J connectivity index is 1.36. The number of rotatable bonds is 4. The highest BCUT2D eigenvalue weighted by Gasteiger charge is 2.22. The molecule has 0 radical (unpaired) electrons. The van der Waals surface area contributed by atoms with Crippen molar-refractivity contribution in [2.24, 2.45) is 0 Å². The predicted molar refractivity (Wildman–Crippen MR) is 184 cm³/mol. The van der Waals surface area contributed by atoms with Gasteiger partial charge in [-0.2, -0.15) is 0 Å². The van der Waals surface area contributed by atoms with E-state index < -0.39 is 0 Å². The molecule has 0 saturated carbocycles. The minimum absolute atomic E-state index is 0.885. The van der Waals surface area contributed by atoms with Crippen LogP contribution in [0.3, 0.4) is 0 Å². The van der Waals surface area contributed by atoms with Crippen LogP contribution in [0.4, 0.5) is 17.1 Å². The molecule has 2 aromatic heterocycles. The van der Waals surface area contributed by atoms with Gasteiger partial charge in [0, 0.05) is 43.6 Å². The van der Waals surface area contributed by atoms with Crippen LogP contribution in [0.2, 0.25) is 0 Å². The molecule has 3 heteroatoms. The summed E-state index contributed by atoms with van der Waals surface area (Å²) in [5.74, 6) is 0. The fourth-order valence-corrected chi connectivity index (χ4v) is 7.82. The van der Waals surface area contributed by atoms with Crippen molar-refractivity contribution in [3.05, 3.63) is 152 Å². The van der Waals surface area contributed by atoms with E-state index in [9.17, 15) is 0 Å². The molecule has 43 heavy (non-hydrogen) atoms. The number of fused-ring (bicyclic) bond motifs is 8. The molecule has 0 atom stereocenters. The summed E-state index contributed by atoms with van der Waals surface area (Å²) in [4.78, 5) is 2.41. The largest absolute Gasteiger partial charge is 0.456 e. The fourth-order valence-electron chi connectivity index (χ4n) is 6.48. The van der Waals surface area contributed by atoms with Crippen LogP contribution < -0.4 is 4.90 Å². The molecule has 0 amide bonds. The first kappa shape index (κ1) is 24.2. The molecular formula is C40H25NOS. The lowest BCUT2D eigenvalue weighted by Crippen LogP contribution is -2.11. The van der Waals surface area contributed by atoms with Gasteiger partial charge < -0.3 is 9.32 Å². The SMILES string of the molecule is c1ccc(-c2ccccc2N(c2ccc3c(c2)oc2ccccc23)c2cccc3c2sc2c4ccccc4ccc32)cc1. The molecule has 2 heterocycles. The van der Waals surface area contributed by atoms with Gasteiger partial charge in [-0.05, 0) is 46.7 Å². The minimum Gasteiger partial charge on any atom is -0.456 e. The number of para-hydroxylation sites is 2. The van der Waals surface area contributed by atoms with Crippen LogP contribution >= 0.6 is 11.3 Å². The van der Waals surface area contributed by atoms with Crippen LogP contribution in [-0.2, 0) is 0 Å². The van der Waals surface area contributed by atoms with Crippen molar-refractivity contribution in [2.45, 2.75) is 0 Å². The molecule has 0 bridgehead atoms. The molecule has 2 nitrogen and oxygen atoms in total. The van der Waals surface area contributed by atoms with E-state index in [-0.39, 0.29) is 0 Å². The van der Waals surface area contributed by atoms with E-state index in [1.54, 1.807) is 0 Å². The Labute approximate surface area is 252 Å². The Hall–Kier alpha value is -5.38. The highest BCUT2D eigenvalue weighted by molar-refractivity contribution is 7.27. The summed E-state index contributed by atoms with van der Waals surface area (Å²) in [6.07, 6.45) is 0. The molecule has 9 rings (SSSR count). The summed E-state index contributed by atoms with van der Waals surface area (Å²) < 4.78 is 8.98. The van der Waals surface area contributed by atoms with E-state index in [4.69, 9.17) is 4.42 Å². The van der Waals surface area contributed by atoms with Gasteiger partial charge in [-0.15, -0.1) is 11.3 Å². The zero-order valence-corrected chi connectivity index (χ0v) is 24.0. The zero-order valence-electron chi connectivity index (χ0n) is 23.2. The van der Waals surface area contributed by atoms with Crippen LogP contribution in [0.1, 0.15) is 0 Å². The van der Waals surface area contributed by atoms with Gasteiger partial charge in [0.05, 0.1) is 16.1 Å². The number of hydrogen-bond donors (Lipinski definition) is 0. The van der Waals surface area contributed by atoms with Crippen molar-refractivity contribution in [1.82, 2.24) is 0 Å². The Bertz CT molecular complexity index is 2470. The molecule has 202 valence electrons. The Morgan fingerprint density at radius 3 is 2.05 bits per heavy atom. The van der Waals surface area contributed by atoms with Gasteiger partial charge in [0.1, 0.15) is 11.2 Å². The number of hydrogen-bond acceptors (Lipinski definition) is 3. The van der Waals surface area contributed by atoms with Gasteiger partial charge in [-0.3, -0.25) is 0 Å². The van der Waals surface area contributed by atoms with E-state index >= 15 is 0 Å². The van der Waals surface area contributed by atoms with Gasteiger partial charge in [-0.25, -0.2) is 0 Å². The monoisotopic (exact) mass is 567 g/mol. The molecule has 0 unspecified atom stereocenters. The molecule has 0 spiro atoms. The topological polar surface area (TPSA) is 16.4 Å².